The van der Waals surface area contributed by atoms with Gasteiger partial charge in [-0.1, -0.05) is 30.4 Å². The van der Waals surface area contributed by atoms with Gasteiger partial charge in [-0.3, -0.25) is 0 Å². The minimum absolute atomic E-state index is 0.237. The summed E-state index contributed by atoms with van der Waals surface area (Å²) >= 11 is 0. The lowest BCUT2D eigenvalue weighted by atomic mass is 10.2. The highest BCUT2D eigenvalue weighted by Gasteiger charge is 2.14. The van der Waals surface area contributed by atoms with E-state index in [0.717, 1.165) is 11.3 Å². The van der Waals surface area contributed by atoms with Crippen LogP contribution in [0, 0.1) is 0 Å². The molecule has 2 aromatic rings. The Morgan fingerprint density at radius 2 is 1.73 bits per heavy atom. The van der Waals surface area contributed by atoms with E-state index in [-0.39, 0.29) is 12.5 Å². The third-order valence-electron chi connectivity index (χ3n) is 3.61. The second kappa shape index (κ2) is 8.11. The highest BCUT2D eigenvalue weighted by atomic mass is 16.7. The molecule has 3 rings (SSSR count). The standard InChI is InChI=1S/C20H18O6/c1-22-16-7-5-8-17(23-2)20(16)26-19(21)9-4-3-6-14-10-11-15-18(12-14)25-13-24-15/h3-12H,13H2,1-2H3. The number of fused-ring (bicyclic) bond motifs is 1. The molecule has 26 heavy (non-hydrogen) atoms. The van der Waals surface area contributed by atoms with Crippen molar-refractivity contribution in [1.82, 2.24) is 0 Å². The molecule has 0 N–H and O–H groups in total. The number of carbonyl (C=O) groups is 1. The average Bonchev–Trinajstić information content (AvgIpc) is 3.13. The molecule has 1 heterocycles. The average molecular weight is 354 g/mol. The summed E-state index contributed by atoms with van der Waals surface area (Å²) < 4.78 is 26.3. The summed E-state index contributed by atoms with van der Waals surface area (Å²) in [5.74, 6) is 1.98. The van der Waals surface area contributed by atoms with E-state index in [9.17, 15) is 4.79 Å². The molecule has 6 heteroatoms. The van der Waals surface area contributed by atoms with Crippen LogP contribution in [0.1, 0.15) is 5.56 Å². The zero-order chi connectivity index (χ0) is 18.4. The molecule has 0 atom stereocenters. The van der Waals surface area contributed by atoms with Crippen molar-refractivity contribution in [3.63, 3.8) is 0 Å². The molecule has 0 aliphatic carbocycles. The summed E-state index contributed by atoms with van der Waals surface area (Å²) in [6.45, 7) is 0.237. The van der Waals surface area contributed by atoms with Gasteiger partial charge in [-0.2, -0.15) is 0 Å². The van der Waals surface area contributed by atoms with Gasteiger partial charge in [0.1, 0.15) is 0 Å². The smallest absolute Gasteiger partial charge is 0.336 e. The lowest BCUT2D eigenvalue weighted by Crippen LogP contribution is -2.06. The number of hydrogen-bond acceptors (Lipinski definition) is 6. The molecule has 134 valence electrons. The van der Waals surface area contributed by atoms with Gasteiger partial charge in [-0.25, -0.2) is 4.79 Å². The summed E-state index contributed by atoms with van der Waals surface area (Å²) in [4.78, 5) is 12.0. The fourth-order valence-corrected chi connectivity index (χ4v) is 2.37. The molecule has 0 spiro atoms. The fourth-order valence-electron chi connectivity index (χ4n) is 2.37. The van der Waals surface area contributed by atoms with Crippen molar-refractivity contribution in [2.45, 2.75) is 0 Å². The number of rotatable bonds is 6. The van der Waals surface area contributed by atoms with E-state index in [0.29, 0.717) is 17.2 Å². The molecule has 0 bridgehead atoms. The number of benzene rings is 2. The van der Waals surface area contributed by atoms with Gasteiger partial charge in [0.2, 0.25) is 12.5 Å². The van der Waals surface area contributed by atoms with Crippen LogP contribution in [0.2, 0.25) is 0 Å². The second-order valence-electron chi connectivity index (χ2n) is 5.24. The largest absolute Gasteiger partial charge is 0.493 e. The van der Waals surface area contributed by atoms with Gasteiger partial charge in [-0.15, -0.1) is 0 Å². The highest BCUT2D eigenvalue weighted by molar-refractivity contribution is 5.85. The van der Waals surface area contributed by atoms with Gasteiger partial charge in [0.15, 0.2) is 23.0 Å². The molecule has 6 nitrogen and oxygen atoms in total. The lowest BCUT2D eigenvalue weighted by Gasteiger charge is -2.11. The Morgan fingerprint density at radius 1 is 1.00 bits per heavy atom. The van der Waals surface area contributed by atoms with Crippen LogP contribution in [0.5, 0.6) is 28.7 Å². The summed E-state index contributed by atoms with van der Waals surface area (Å²) in [7, 11) is 2.99. The van der Waals surface area contributed by atoms with E-state index < -0.39 is 5.97 Å². The van der Waals surface area contributed by atoms with Crippen molar-refractivity contribution in [2.24, 2.45) is 0 Å². The normalized spacial score (nSPS) is 12.5. The molecular weight excluding hydrogens is 336 g/mol. The van der Waals surface area contributed by atoms with Gasteiger partial charge in [0, 0.05) is 6.08 Å². The number of allylic oxidation sites excluding steroid dienone is 2. The van der Waals surface area contributed by atoms with Crippen LogP contribution >= 0.6 is 0 Å². The highest BCUT2D eigenvalue weighted by Crippen LogP contribution is 2.37. The Bertz CT molecular complexity index is 831. The maximum absolute atomic E-state index is 12.0. The number of methoxy groups -OCH3 is 2. The van der Waals surface area contributed by atoms with Crippen LogP contribution in [0.15, 0.2) is 54.6 Å². The van der Waals surface area contributed by atoms with Gasteiger partial charge in [0.05, 0.1) is 14.2 Å². The van der Waals surface area contributed by atoms with Crippen molar-refractivity contribution in [1.29, 1.82) is 0 Å². The van der Waals surface area contributed by atoms with E-state index >= 15 is 0 Å². The zero-order valence-corrected chi connectivity index (χ0v) is 14.4. The van der Waals surface area contributed by atoms with Crippen LogP contribution in [0.3, 0.4) is 0 Å². The van der Waals surface area contributed by atoms with E-state index in [1.807, 2.05) is 24.3 Å². The van der Waals surface area contributed by atoms with Crippen LogP contribution in [-0.2, 0) is 4.79 Å². The number of carbonyl (C=O) groups excluding carboxylic acids is 1. The van der Waals surface area contributed by atoms with Crippen molar-refractivity contribution in [3.05, 3.63) is 60.2 Å². The molecular formula is C20H18O6. The van der Waals surface area contributed by atoms with Gasteiger partial charge in [0.25, 0.3) is 0 Å². The predicted molar refractivity (Wildman–Crippen MR) is 95.9 cm³/mol. The lowest BCUT2D eigenvalue weighted by molar-refractivity contribution is -0.129. The van der Waals surface area contributed by atoms with Crippen molar-refractivity contribution < 1.29 is 28.5 Å². The summed E-state index contributed by atoms with van der Waals surface area (Å²) in [5, 5.41) is 0. The second-order valence-corrected chi connectivity index (χ2v) is 5.24. The number of esters is 1. The molecule has 0 fully saturated rings. The molecule has 0 aromatic heterocycles. The minimum atomic E-state index is -0.539. The first-order valence-electron chi connectivity index (χ1n) is 7.88. The molecule has 0 saturated carbocycles. The van der Waals surface area contributed by atoms with Crippen molar-refractivity contribution in [3.8, 4) is 28.7 Å². The van der Waals surface area contributed by atoms with Gasteiger partial charge < -0.3 is 23.7 Å². The topological polar surface area (TPSA) is 63.2 Å². The van der Waals surface area contributed by atoms with E-state index in [1.165, 1.54) is 20.3 Å². The third-order valence-corrected chi connectivity index (χ3v) is 3.61. The molecule has 2 aromatic carbocycles. The van der Waals surface area contributed by atoms with Crippen LogP contribution < -0.4 is 23.7 Å². The number of ether oxygens (including phenoxy) is 5. The summed E-state index contributed by atoms with van der Waals surface area (Å²) in [6.07, 6.45) is 6.48. The molecule has 0 saturated heterocycles. The van der Waals surface area contributed by atoms with E-state index in [4.69, 9.17) is 23.7 Å². The fraction of sp³-hybridized carbons (Fsp3) is 0.150. The number of para-hydroxylation sites is 1. The third kappa shape index (κ3) is 3.97. The Labute approximate surface area is 151 Å². The SMILES string of the molecule is COc1cccc(OC)c1OC(=O)C=CC=Cc1ccc2c(c1)OCO2. The first-order chi connectivity index (χ1) is 12.7. The zero-order valence-electron chi connectivity index (χ0n) is 14.4. The predicted octanol–water partition coefficient (Wildman–Crippen LogP) is 3.61. The van der Waals surface area contributed by atoms with Gasteiger partial charge in [-0.05, 0) is 29.8 Å². The van der Waals surface area contributed by atoms with Crippen LogP contribution in [0.25, 0.3) is 6.08 Å². The maximum Gasteiger partial charge on any atom is 0.336 e. The summed E-state index contributed by atoms with van der Waals surface area (Å²) in [5.41, 5.74) is 0.929. The van der Waals surface area contributed by atoms with E-state index in [1.54, 1.807) is 30.4 Å². The molecule has 0 unspecified atom stereocenters. The first-order valence-corrected chi connectivity index (χ1v) is 7.88. The molecule has 0 amide bonds. The van der Waals surface area contributed by atoms with Gasteiger partial charge >= 0.3 is 5.97 Å². The Balaban J connectivity index is 1.63. The molecule has 1 aliphatic heterocycles. The van der Waals surface area contributed by atoms with E-state index in [2.05, 4.69) is 0 Å². The Hall–Kier alpha value is -3.41. The molecule has 0 radical (unpaired) electrons. The Kier molecular flexibility index (Phi) is 5.43. The maximum atomic E-state index is 12.0. The monoisotopic (exact) mass is 354 g/mol. The first kappa shape index (κ1) is 17.4. The summed E-state index contributed by atoms with van der Waals surface area (Å²) in [6, 6.07) is 10.7. The molecule has 1 aliphatic rings. The Morgan fingerprint density at radius 3 is 2.46 bits per heavy atom. The quantitative estimate of drug-likeness (QED) is 0.342. The van der Waals surface area contributed by atoms with Crippen LogP contribution in [0.4, 0.5) is 0 Å². The minimum Gasteiger partial charge on any atom is -0.493 e. The van der Waals surface area contributed by atoms with Crippen molar-refractivity contribution in [2.75, 3.05) is 21.0 Å². The van der Waals surface area contributed by atoms with Crippen LogP contribution in [-0.4, -0.2) is 27.0 Å². The van der Waals surface area contributed by atoms with Crippen molar-refractivity contribution >= 4 is 12.0 Å². The number of hydrogen-bond donors (Lipinski definition) is 0.